The quantitative estimate of drug-likeness (QED) is 0.930. The summed E-state index contributed by atoms with van der Waals surface area (Å²) in [6, 6.07) is 12.2. The average Bonchev–Trinajstić information content (AvgIpc) is 2.88. The van der Waals surface area contributed by atoms with E-state index in [4.69, 9.17) is 21.3 Å². The Balaban J connectivity index is 2.03. The number of nitrogens with zero attached hydrogens (tertiary/aromatic N) is 1. The van der Waals surface area contributed by atoms with Crippen LogP contribution in [0.5, 0.6) is 0 Å². The van der Waals surface area contributed by atoms with E-state index in [0.29, 0.717) is 16.5 Å². The van der Waals surface area contributed by atoms with E-state index in [2.05, 4.69) is 5.32 Å². The summed E-state index contributed by atoms with van der Waals surface area (Å²) in [5.74, 6) is -0.570. The van der Waals surface area contributed by atoms with E-state index < -0.39 is 5.92 Å². The van der Waals surface area contributed by atoms with E-state index in [1.165, 1.54) is 6.26 Å². The third-order valence-electron chi connectivity index (χ3n) is 2.55. The van der Waals surface area contributed by atoms with E-state index in [1.807, 2.05) is 6.07 Å². The van der Waals surface area contributed by atoms with Crippen LogP contribution in [0.1, 0.15) is 5.76 Å². The Morgan fingerprint density at radius 3 is 2.89 bits per heavy atom. The highest BCUT2D eigenvalue weighted by atomic mass is 35.5. The number of furan rings is 1. The first-order valence-corrected chi connectivity index (χ1v) is 6.05. The lowest BCUT2D eigenvalue weighted by molar-refractivity contribution is -0.118. The van der Waals surface area contributed by atoms with E-state index in [1.54, 1.807) is 36.4 Å². The van der Waals surface area contributed by atoms with Crippen molar-refractivity contribution in [3.63, 3.8) is 0 Å². The zero-order valence-electron chi connectivity index (χ0n) is 9.97. The average molecular weight is 275 g/mol. The Morgan fingerprint density at radius 2 is 2.26 bits per heavy atom. The number of hydrogen-bond donors (Lipinski definition) is 1. The molecule has 0 radical (unpaired) electrons. The van der Waals surface area contributed by atoms with Crippen LogP contribution in [0.4, 0.5) is 5.69 Å². The van der Waals surface area contributed by atoms with Gasteiger partial charge in [-0.05, 0) is 30.3 Å². The van der Waals surface area contributed by atoms with Crippen LogP contribution in [0.2, 0.25) is 5.02 Å². The Morgan fingerprint density at radius 1 is 1.42 bits per heavy atom. The summed E-state index contributed by atoms with van der Waals surface area (Å²) in [4.78, 5) is 12.0. The molecular weight excluding hydrogens is 264 g/mol. The monoisotopic (exact) mass is 274 g/mol. The van der Waals surface area contributed by atoms with Crippen LogP contribution < -0.4 is 5.32 Å². The zero-order chi connectivity index (χ0) is 13.7. The lowest BCUT2D eigenvalue weighted by atomic mass is 10.0. The van der Waals surface area contributed by atoms with Gasteiger partial charge in [0.05, 0.1) is 12.3 Å². The molecule has 2 aromatic rings. The molecule has 2 rings (SSSR count). The molecule has 0 aliphatic carbocycles. The molecule has 0 aliphatic rings. The number of benzene rings is 1. The zero-order valence-corrected chi connectivity index (χ0v) is 10.7. The fourth-order valence-corrected chi connectivity index (χ4v) is 1.81. The fraction of sp³-hybridized carbons (Fsp3) is 0.143. The van der Waals surface area contributed by atoms with Crippen molar-refractivity contribution in [3.05, 3.63) is 53.4 Å². The smallest absolute Gasteiger partial charge is 0.242 e. The molecule has 19 heavy (non-hydrogen) atoms. The molecule has 1 N–H and O–H groups in total. The lowest BCUT2D eigenvalue weighted by Crippen LogP contribution is -2.23. The molecule has 5 heteroatoms. The molecule has 1 amide bonds. The lowest BCUT2D eigenvalue weighted by Gasteiger charge is -2.09. The summed E-state index contributed by atoms with van der Waals surface area (Å²) < 4.78 is 5.13. The van der Waals surface area contributed by atoms with E-state index in [-0.39, 0.29) is 12.3 Å². The van der Waals surface area contributed by atoms with Gasteiger partial charge in [-0.3, -0.25) is 4.79 Å². The van der Waals surface area contributed by atoms with Crippen molar-refractivity contribution in [2.75, 3.05) is 5.32 Å². The summed E-state index contributed by atoms with van der Waals surface area (Å²) in [6.07, 6.45) is 1.76. The number of amides is 1. The standard InChI is InChI=1S/C14H11ClN2O2/c15-11-3-1-4-12(8-11)17-14(18)10(9-16)7-13-5-2-6-19-13/h1-6,8,10H,7H2,(H,17,18). The van der Waals surface area contributed by atoms with E-state index in [9.17, 15) is 4.79 Å². The Hall–Kier alpha value is -2.25. The van der Waals surface area contributed by atoms with Gasteiger partial charge in [0.2, 0.25) is 5.91 Å². The molecular formula is C14H11ClN2O2. The highest BCUT2D eigenvalue weighted by molar-refractivity contribution is 6.30. The van der Waals surface area contributed by atoms with Crippen LogP contribution in [0.15, 0.2) is 47.1 Å². The first-order chi connectivity index (χ1) is 9.19. The molecule has 0 spiro atoms. The van der Waals surface area contributed by atoms with Crippen LogP contribution in [0, 0.1) is 17.2 Å². The van der Waals surface area contributed by atoms with Gasteiger partial charge in [0.25, 0.3) is 0 Å². The van der Waals surface area contributed by atoms with Crippen LogP contribution >= 0.6 is 11.6 Å². The van der Waals surface area contributed by atoms with Gasteiger partial charge in [-0.15, -0.1) is 0 Å². The molecule has 4 nitrogen and oxygen atoms in total. The van der Waals surface area contributed by atoms with Gasteiger partial charge in [0.1, 0.15) is 11.7 Å². The normalized spacial score (nSPS) is 11.6. The largest absolute Gasteiger partial charge is 0.469 e. The van der Waals surface area contributed by atoms with Crippen molar-refractivity contribution in [3.8, 4) is 6.07 Å². The minimum Gasteiger partial charge on any atom is -0.469 e. The van der Waals surface area contributed by atoms with Crippen molar-refractivity contribution in [1.29, 1.82) is 5.26 Å². The molecule has 0 aliphatic heterocycles. The SMILES string of the molecule is N#CC(Cc1ccco1)C(=O)Nc1cccc(Cl)c1. The summed E-state index contributed by atoms with van der Waals surface area (Å²) in [5.41, 5.74) is 0.567. The third-order valence-corrected chi connectivity index (χ3v) is 2.78. The molecule has 0 saturated heterocycles. The summed E-state index contributed by atoms with van der Waals surface area (Å²) in [6.45, 7) is 0. The molecule has 1 aromatic heterocycles. The van der Waals surface area contributed by atoms with Crippen molar-refractivity contribution in [2.45, 2.75) is 6.42 Å². The second-order valence-electron chi connectivity index (χ2n) is 3.96. The number of rotatable bonds is 4. The highest BCUT2D eigenvalue weighted by Crippen LogP contribution is 2.17. The molecule has 0 bridgehead atoms. The van der Waals surface area contributed by atoms with Crippen molar-refractivity contribution in [1.82, 2.24) is 0 Å². The van der Waals surface area contributed by atoms with Crippen LogP contribution in [-0.2, 0) is 11.2 Å². The molecule has 1 aromatic carbocycles. The predicted octanol–water partition coefficient (Wildman–Crippen LogP) is 3.25. The van der Waals surface area contributed by atoms with Gasteiger partial charge in [-0.2, -0.15) is 5.26 Å². The summed E-state index contributed by atoms with van der Waals surface area (Å²) >= 11 is 5.83. The Labute approximate surface area is 115 Å². The minimum absolute atomic E-state index is 0.246. The number of halogens is 1. The van der Waals surface area contributed by atoms with Crippen LogP contribution in [0.3, 0.4) is 0 Å². The van der Waals surface area contributed by atoms with Gasteiger partial charge < -0.3 is 9.73 Å². The number of nitriles is 1. The maximum absolute atomic E-state index is 12.0. The van der Waals surface area contributed by atoms with Crippen molar-refractivity contribution in [2.24, 2.45) is 5.92 Å². The Kier molecular flexibility index (Phi) is 4.22. The maximum Gasteiger partial charge on any atom is 0.242 e. The third kappa shape index (κ3) is 3.60. The summed E-state index contributed by atoms with van der Waals surface area (Å²) in [5, 5.41) is 12.2. The van der Waals surface area contributed by atoms with Gasteiger partial charge >= 0.3 is 0 Å². The maximum atomic E-state index is 12.0. The molecule has 0 saturated carbocycles. The molecule has 1 atom stereocenters. The van der Waals surface area contributed by atoms with Gasteiger partial charge in [-0.1, -0.05) is 17.7 Å². The minimum atomic E-state index is -0.801. The second-order valence-corrected chi connectivity index (χ2v) is 4.40. The van der Waals surface area contributed by atoms with Gasteiger partial charge in [0, 0.05) is 17.1 Å². The van der Waals surface area contributed by atoms with Crippen LogP contribution in [-0.4, -0.2) is 5.91 Å². The fourth-order valence-electron chi connectivity index (χ4n) is 1.62. The van der Waals surface area contributed by atoms with Crippen LogP contribution in [0.25, 0.3) is 0 Å². The van der Waals surface area contributed by atoms with Crippen molar-refractivity contribution >= 4 is 23.2 Å². The number of carbonyl (C=O) groups is 1. The first-order valence-electron chi connectivity index (χ1n) is 5.67. The molecule has 1 unspecified atom stereocenters. The van der Waals surface area contributed by atoms with Gasteiger partial charge in [-0.25, -0.2) is 0 Å². The number of carbonyl (C=O) groups excluding carboxylic acids is 1. The van der Waals surface area contributed by atoms with Gasteiger partial charge in [0.15, 0.2) is 0 Å². The molecule has 1 heterocycles. The van der Waals surface area contributed by atoms with E-state index in [0.717, 1.165) is 0 Å². The first kappa shape index (κ1) is 13.2. The second kappa shape index (κ2) is 6.07. The molecule has 96 valence electrons. The van der Waals surface area contributed by atoms with E-state index >= 15 is 0 Å². The molecule has 0 fully saturated rings. The number of hydrogen-bond acceptors (Lipinski definition) is 3. The van der Waals surface area contributed by atoms with Crippen molar-refractivity contribution < 1.29 is 9.21 Å². The number of anilines is 1. The highest BCUT2D eigenvalue weighted by Gasteiger charge is 2.19. The Bertz CT molecular complexity index is 602. The predicted molar refractivity (Wildman–Crippen MR) is 71.6 cm³/mol. The topological polar surface area (TPSA) is 66.0 Å². The number of nitrogens with one attached hydrogen (secondary N) is 1. The summed E-state index contributed by atoms with van der Waals surface area (Å²) in [7, 11) is 0.